The molecule has 0 radical (unpaired) electrons. The summed E-state index contributed by atoms with van der Waals surface area (Å²) in [5.74, 6) is -0.864. The van der Waals surface area contributed by atoms with Crippen molar-refractivity contribution < 1.29 is 19.0 Å². The number of benzene rings is 1. The molecule has 0 bridgehead atoms. The molecule has 1 heterocycles. The van der Waals surface area contributed by atoms with Crippen molar-refractivity contribution in [3.63, 3.8) is 0 Å². The third-order valence-electron chi connectivity index (χ3n) is 3.16. The van der Waals surface area contributed by atoms with E-state index in [1.807, 2.05) is 0 Å². The molecule has 2 aromatic rings. The second kappa shape index (κ2) is 5.87. The molecule has 1 N–H and O–H groups in total. The monoisotopic (exact) mass is 290 g/mol. The number of aryl methyl sites for hydroxylation is 2. The molecule has 0 unspecified atom stereocenters. The van der Waals surface area contributed by atoms with Crippen molar-refractivity contribution >= 4 is 5.97 Å². The Balaban J connectivity index is 2.48. The summed E-state index contributed by atoms with van der Waals surface area (Å²) in [6, 6.07) is 4.36. The Morgan fingerprint density at radius 2 is 1.90 bits per heavy atom. The molecule has 0 atom stereocenters. The summed E-state index contributed by atoms with van der Waals surface area (Å²) >= 11 is 0. The number of hydrogen-bond donors (Lipinski definition) is 1. The number of carbonyl (C=O) groups is 1. The molecule has 0 aliphatic carbocycles. The Bertz CT molecular complexity index is 678. The van der Waals surface area contributed by atoms with Crippen LogP contribution in [-0.4, -0.2) is 28.2 Å². The molecule has 1 aromatic heterocycles. The Morgan fingerprint density at radius 1 is 1.29 bits per heavy atom. The minimum absolute atomic E-state index is 0.112. The molecular weight excluding hydrogens is 275 g/mol. The van der Waals surface area contributed by atoms with E-state index in [1.54, 1.807) is 19.9 Å². The van der Waals surface area contributed by atoms with Gasteiger partial charge in [0, 0.05) is 22.5 Å². The van der Waals surface area contributed by atoms with Crippen molar-refractivity contribution in [2.24, 2.45) is 0 Å². The summed E-state index contributed by atoms with van der Waals surface area (Å²) in [5.41, 5.74) is 2.41. The summed E-state index contributed by atoms with van der Waals surface area (Å²) in [5, 5.41) is 8.89. The van der Waals surface area contributed by atoms with Crippen LogP contribution in [0.1, 0.15) is 17.0 Å². The maximum absolute atomic E-state index is 13.4. The summed E-state index contributed by atoms with van der Waals surface area (Å²) in [7, 11) is 1.38. The third-order valence-corrected chi connectivity index (χ3v) is 3.16. The number of halogens is 1. The van der Waals surface area contributed by atoms with Crippen molar-refractivity contribution in [1.29, 1.82) is 0 Å². The fourth-order valence-electron chi connectivity index (χ4n) is 2.07. The molecule has 5 nitrogen and oxygen atoms in total. The van der Waals surface area contributed by atoms with Crippen LogP contribution in [0.2, 0.25) is 0 Å². The van der Waals surface area contributed by atoms with Crippen LogP contribution in [0, 0.1) is 19.7 Å². The highest BCUT2D eigenvalue weighted by atomic mass is 19.1. The first-order chi connectivity index (χ1) is 9.92. The first-order valence-electron chi connectivity index (χ1n) is 6.32. The number of carboxylic acid groups (broad SMARTS) is 1. The van der Waals surface area contributed by atoms with Crippen molar-refractivity contribution in [2.45, 2.75) is 20.3 Å². The number of methoxy groups -OCH3 is 1. The van der Waals surface area contributed by atoms with Crippen LogP contribution in [-0.2, 0) is 11.2 Å². The number of ether oxygens (including phenoxy) is 1. The Morgan fingerprint density at radius 3 is 2.43 bits per heavy atom. The minimum Gasteiger partial charge on any atom is -0.494 e. The lowest BCUT2D eigenvalue weighted by Crippen LogP contribution is -2.08. The van der Waals surface area contributed by atoms with E-state index >= 15 is 0 Å². The van der Waals surface area contributed by atoms with Gasteiger partial charge < -0.3 is 9.84 Å². The smallest absolute Gasteiger partial charge is 0.307 e. The number of aromatic nitrogens is 2. The normalized spacial score (nSPS) is 10.5. The molecule has 0 aliphatic heterocycles. The van der Waals surface area contributed by atoms with Gasteiger partial charge in [-0.05, 0) is 32.0 Å². The quantitative estimate of drug-likeness (QED) is 0.936. The van der Waals surface area contributed by atoms with Gasteiger partial charge >= 0.3 is 5.97 Å². The van der Waals surface area contributed by atoms with E-state index in [-0.39, 0.29) is 12.2 Å². The van der Waals surface area contributed by atoms with Gasteiger partial charge in [-0.25, -0.2) is 14.4 Å². The van der Waals surface area contributed by atoms with E-state index in [4.69, 9.17) is 9.84 Å². The predicted octanol–water partition coefficient (Wildman–Crippen LogP) is 2.54. The van der Waals surface area contributed by atoms with Gasteiger partial charge in [0.1, 0.15) is 0 Å². The zero-order valence-electron chi connectivity index (χ0n) is 12.0. The Labute approximate surface area is 121 Å². The lowest BCUT2D eigenvalue weighted by Gasteiger charge is -2.10. The Hall–Kier alpha value is -2.50. The van der Waals surface area contributed by atoms with Crippen LogP contribution in [0.5, 0.6) is 5.75 Å². The number of aliphatic carboxylic acids is 1. The zero-order chi connectivity index (χ0) is 15.6. The lowest BCUT2D eigenvalue weighted by atomic mass is 10.1. The third kappa shape index (κ3) is 3.16. The molecule has 1 aromatic carbocycles. The molecule has 2 rings (SSSR count). The van der Waals surface area contributed by atoms with Crippen LogP contribution in [0.3, 0.4) is 0 Å². The van der Waals surface area contributed by atoms with E-state index in [9.17, 15) is 9.18 Å². The molecule has 21 heavy (non-hydrogen) atoms. The first kappa shape index (κ1) is 14.9. The molecule has 0 saturated carbocycles. The second-order valence-corrected chi connectivity index (χ2v) is 4.62. The van der Waals surface area contributed by atoms with Gasteiger partial charge in [0.15, 0.2) is 17.4 Å². The zero-order valence-corrected chi connectivity index (χ0v) is 12.0. The first-order valence-corrected chi connectivity index (χ1v) is 6.32. The van der Waals surface area contributed by atoms with Gasteiger partial charge in [-0.15, -0.1) is 0 Å². The average Bonchev–Trinajstić information content (AvgIpc) is 2.43. The van der Waals surface area contributed by atoms with Gasteiger partial charge in [0.25, 0.3) is 0 Å². The molecule has 110 valence electrons. The number of rotatable bonds is 4. The summed E-state index contributed by atoms with van der Waals surface area (Å²) in [4.78, 5) is 19.5. The highest BCUT2D eigenvalue weighted by molar-refractivity contribution is 5.71. The van der Waals surface area contributed by atoms with Crippen molar-refractivity contribution in [3.8, 4) is 17.1 Å². The van der Waals surface area contributed by atoms with Crippen LogP contribution in [0.4, 0.5) is 4.39 Å². The van der Waals surface area contributed by atoms with Crippen molar-refractivity contribution in [1.82, 2.24) is 9.97 Å². The SMILES string of the molecule is COc1cc(-c2nc(C)c(CC(=O)O)c(C)n2)ccc1F. The van der Waals surface area contributed by atoms with Gasteiger partial charge in [-0.1, -0.05) is 0 Å². The number of nitrogens with zero attached hydrogens (tertiary/aromatic N) is 2. The van der Waals surface area contributed by atoms with Crippen LogP contribution >= 0.6 is 0 Å². The number of hydrogen-bond acceptors (Lipinski definition) is 4. The van der Waals surface area contributed by atoms with Crippen LogP contribution in [0.15, 0.2) is 18.2 Å². The number of carboxylic acids is 1. The van der Waals surface area contributed by atoms with Crippen LogP contribution in [0.25, 0.3) is 11.4 Å². The highest BCUT2D eigenvalue weighted by Gasteiger charge is 2.14. The van der Waals surface area contributed by atoms with Gasteiger partial charge in [-0.3, -0.25) is 4.79 Å². The average molecular weight is 290 g/mol. The molecule has 0 saturated heterocycles. The molecule has 6 heteroatoms. The summed E-state index contributed by atoms with van der Waals surface area (Å²) in [6.07, 6.45) is -0.120. The molecule has 0 fully saturated rings. The lowest BCUT2D eigenvalue weighted by molar-refractivity contribution is -0.136. The molecule has 0 aliphatic rings. The Kier molecular flexibility index (Phi) is 4.16. The van der Waals surface area contributed by atoms with E-state index in [0.29, 0.717) is 28.3 Å². The van der Waals surface area contributed by atoms with Crippen molar-refractivity contribution in [3.05, 3.63) is 41.0 Å². The fourth-order valence-corrected chi connectivity index (χ4v) is 2.07. The topological polar surface area (TPSA) is 72.3 Å². The maximum atomic E-state index is 13.4. The fraction of sp³-hybridized carbons (Fsp3) is 0.267. The molecule has 0 amide bonds. The molecule has 0 spiro atoms. The summed E-state index contributed by atoms with van der Waals surface area (Å²) < 4.78 is 18.4. The van der Waals surface area contributed by atoms with Crippen molar-refractivity contribution in [2.75, 3.05) is 7.11 Å². The van der Waals surface area contributed by atoms with E-state index in [0.717, 1.165) is 0 Å². The molecular formula is C15H15FN2O3. The minimum atomic E-state index is -0.930. The van der Waals surface area contributed by atoms with Gasteiger partial charge in [0.05, 0.1) is 13.5 Å². The summed E-state index contributed by atoms with van der Waals surface area (Å²) in [6.45, 7) is 3.47. The highest BCUT2D eigenvalue weighted by Crippen LogP contribution is 2.25. The van der Waals surface area contributed by atoms with E-state index < -0.39 is 11.8 Å². The van der Waals surface area contributed by atoms with Gasteiger partial charge in [0.2, 0.25) is 0 Å². The van der Waals surface area contributed by atoms with E-state index in [1.165, 1.54) is 19.2 Å². The second-order valence-electron chi connectivity index (χ2n) is 4.62. The maximum Gasteiger partial charge on any atom is 0.307 e. The predicted molar refractivity (Wildman–Crippen MR) is 74.8 cm³/mol. The van der Waals surface area contributed by atoms with Crippen LogP contribution < -0.4 is 4.74 Å². The van der Waals surface area contributed by atoms with Gasteiger partial charge in [-0.2, -0.15) is 0 Å². The largest absolute Gasteiger partial charge is 0.494 e. The van der Waals surface area contributed by atoms with E-state index in [2.05, 4.69) is 9.97 Å². The standard InChI is InChI=1S/C15H15FN2O3/c1-8-11(7-14(19)20)9(2)18-15(17-8)10-4-5-12(16)13(6-10)21-3/h4-6H,7H2,1-3H3,(H,19,20).